The van der Waals surface area contributed by atoms with Gasteiger partial charge < -0.3 is 5.11 Å². The van der Waals surface area contributed by atoms with E-state index in [0.717, 1.165) is 29.0 Å². The Morgan fingerprint density at radius 2 is 2.11 bits per heavy atom. The molecule has 0 saturated heterocycles. The fourth-order valence-electron chi connectivity index (χ4n) is 2.24. The molecule has 3 rings (SSSR count). The number of rotatable bonds is 3. The van der Waals surface area contributed by atoms with Gasteiger partial charge in [-0.05, 0) is 35.1 Å². The Balaban J connectivity index is 2.03. The van der Waals surface area contributed by atoms with Gasteiger partial charge >= 0.3 is 0 Å². The van der Waals surface area contributed by atoms with Crippen LogP contribution in [0.2, 0.25) is 0 Å². The van der Waals surface area contributed by atoms with Gasteiger partial charge in [-0.25, -0.2) is 8.42 Å². The smallest absolute Gasteiger partial charge is 0.273 e. The second-order valence-corrected chi connectivity index (χ2v) is 7.39. The van der Waals surface area contributed by atoms with Gasteiger partial charge in [0.2, 0.25) is 0 Å². The summed E-state index contributed by atoms with van der Waals surface area (Å²) in [6.45, 7) is 0.344. The molecule has 1 aliphatic rings. The summed E-state index contributed by atoms with van der Waals surface area (Å²) in [5.74, 6) is 0. The molecule has 0 spiro atoms. The molecule has 2 heterocycles. The Hall–Kier alpha value is -1.37. The molecule has 1 aromatic carbocycles. The van der Waals surface area contributed by atoms with E-state index >= 15 is 0 Å². The molecule has 0 atom stereocenters. The molecule has 0 bridgehead atoms. The number of sulfonamides is 1. The van der Waals surface area contributed by atoms with Crippen LogP contribution >= 0.6 is 11.3 Å². The van der Waals surface area contributed by atoms with Crippen molar-refractivity contribution < 1.29 is 13.5 Å². The molecule has 0 amide bonds. The van der Waals surface area contributed by atoms with Gasteiger partial charge in [0.1, 0.15) is 4.21 Å². The van der Waals surface area contributed by atoms with Gasteiger partial charge in [-0.3, -0.25) is 4.31 Å². The van der Waals surface area contributed by atoms with E-state index in [4.69, 9.17) is 5.11 Å². The third kappa shape index (κ3) is 2.05. The van der Waals surface area contributed by atoms with Crippen LogP contribution in [0.5, 0.6) is 0 Å². The summed E-state index contributed by atoms with van der Waals surface area (Å²) in [7, 11) is -3.50. The summed E-state index contributed by atoms with van der Waals surface area (Å²) in [4.78, 5) is 0. The van der Waals surface area contributed by atoms with E-state index in [1.807, 2.05) is 24.3 Å². The van der Waals surface area contributed by atoms with Crippen LogP contribution in [0.15, 0.2) is 39.9 Å². The highest BCUT2D eigenvalue weighted by atomic mass is 32.2. The molecule has 0 radical (unpaired) electrons. The standard InChI is InChI=1S/C13H13NO3S2/c15-8-10-7-13(18-9-10)19(16,17)14-6-5-11-3-1-2-4-12(11)14/h1-4,7,9,15H,5-6,8H2. The molecule has 4 nitrogen and oxygen atoms in total. The second kappa shape index (κ2) is 4.63. The third-order valence-electron chi connectivity index (χ3n) is 3.20. The first-order chi connectivity index (χ1) is 9.13. The lowest BCUT2D eigenvalue weighted by atomic mass is 10.2. The number of aliphatic hydroxyl groups is 1. The Bertz CT molecular complexity index is 706. The molecule has 100 valence electrons. The van der Waals surface area contributed by atoms with Crippen LogP contribution in [0.1, 0.15) is 11.1 Å². The Morgan fingerprint density at radius 1 is 1.32 bits per heavy atom. The van der Waals surface area contributed by atoms with Gasteiger partial charge in [0.15, 0.2) is 0 Å². The van der Waals surface area contributed by atoms with E-state index in [-0.39, 0.29) is 10.8 Å². The number of anilines is 1. The highest BCUT2D eigenvalue weighted by molar-refractivity contribution is 7.94. The lowest BCUT2D eigenvalue weighted by Crippen LogP contribution is -2.28. The monoisotopic (exact) mass is 295 g/mol. The minimum absolute atomic E-state index is 0.136. The molecule has 2 aromatic rings. The van der Waals surface area contributed by atoms with E-state index in [1.54, 1.807) is 11.4 Å². The quantitative estimate of drug-likeness (QED) is 0.942. The van der Waals surface area contributed by atoms with Crippen LogP contribution < -0.4 is 4.31 Å². The fraction of sp³-hybridized carbons (Fsp3) is 0.231. The number of aliphatic hydroxyl groups excluding tert-OH is 1. The molecule has 0 saturated carbocycles. The molecular weight excluding hydrogens is 282 g/mol. The normalized spacial score (nSPS) is 14.7. The minimum Gasteiger partial charge on any atom is -0.392 e. The molecule has 6 heteroatoms. The van der Waals surface area contributed by atoms with Crippen LogP contribution in [-0.2, 0) is 23.1 Å². The fourth-order valence-corrected chi connectivity index (χ4v) is 5.05. The first kappa shape index (κ1) is 12.7. The number of fused-ring (bicyclic) bond motifs is 1. The summed E-state index contributed by atoms with van der Waals surface area (Å²) in [6, 6.07) is 9.10. The largest absolute Gasteiger partial charge is 0.392 e. The van der Waals surface area contributed by atoms with Gasteiger partial charge in [-0.1, -0.05) is 18.2 Å². The zero-order chi connectivity index (χ0) is 13.5. The number of nitrogens with zero attached hydrogens (tertiary/aromatic N) is 1. The van der Waals surface area contributed by atoms with Crippen molar-refractivity contribution in [3.63, 3.8) is 0 Å². The van der Waals surface area contributed by atoms with Crippen molar-refractivity contribution in [2.75, 3.05) is 10.8 Å². The third-order valence-corrected chi connectivity index (χ3v) is 6.48. The van der Waals surface area contributed by atoms with Crippen LogP contribution in [-0.4, -0.2) is 20.1 Å². The van der Waals surface area contributed by atoms with E-state index < -0.39 is 10.0 Å². The van der Waals surface area contributed by atoms with E-state index in [2.05, 4.69) is 0 Å². The summed E-state index contributed by atoms with van der Waals surface area (Å²) >= 11 is 1.15. The summed E-state index contributed by atoms with van der Waals surface area (Å²) in [5.41, 5.74) is 2.46. The Labute approximate surface area is 116 Å². The highest BCUT2D eigenvalue weighted by Gasteiger charge is 2.31. The van der Waals surface area contributed by atoms with Crippen molar-refractivity contribution in [2.45, 2.75) is 17.2 Å². The van der Waals surface area contributed by atoms with Gasteiger partial charge in [0, 0.05) is 6.54 Å². The van der Waals surface area contributed by atoms with Gasteiger partial charge in [-0.15, -0.1) is 11.3 Å². The number of benzene rings is 1. The van der Waals surface area contributed by atoms with Crippen molar-refractivity contribution >= 4 is 27.0 Å². The number of para-hydroxylation sites is 1. The van der Waals surface area contributed by atoms with Gasteiger partial charge in [0.25, 0.3) is 10.0 Å². The van der Waals surface area contributed by atoms with Gasteiger partial charge in [0.05, 0.1) is 12.3 Å². The van der Waals surface area contributed by atoms with Crippen LogP contribution in [0, 0.1) is 0 Å². The van der Waals surface area contributed by atoms with Crippen molar-refractivity contribution in [1.29, 1.82) is 0 Å². The van der Waals surface area contributed by atoms with Crippen molar-refractivity contribution in [3.05, 3.63) is 46.8 Å². The molecule has 0 unspecified atom stereocenters. The Kier molecular flexibility index (Phi) is 3.08. The van der Waals surface area contributed by atoms with Crippen molar-refractivity contribution in [1.82, 2.24) is 0 Å². The predicted molar refractivity (Wildman–Crippen MR) is 74.9 cm³/mol. The maximum absolute atomic E-state index is 12.6. The number of hydrogen-bond acceptors (Lipinski definition) is 4. The SMILES string of the molecule is O=S(=O)(c1cc(CO)cs1)N1CCc2ccccc21. The van der Waals surface area contributed by atoms with Gasteiger partial charge in [-0.2, -0.15) is 0 Å². The highest BCUT2D eigenvalue weighted by Crippen LogP contribution is 2.34. The Morgan fingerprint density at radius 3 is 2.84 bits per heavy atom. The first-order valence-corrected chi connectivity index (χ1v) is 8.24. The number of thiophene rings is 1. The molecule has 1 aromatic heterocycles. The summed E-state index contributed by atoms with van der Waals surface area (Å²) < 4.78 is 26.9. The maximum Gasteiger partial charge on any atom is 0.273 e. The van der Waals surface area contributed by atoms with Crippen LogP contribution in [0.4, 0.5) is 5.69 Å². The molecule has 0 fully saturated rings. The molecule has 1 N–H and O–H groups in total. The average Bonchev–Trinajstić information content (AvgIpc) is 3.06. The van der Waals surface area contributed by atoms with Crippen molar-refractivity contribution in [3.8, 4) is 0 Å². The number of hydrogen-bond donors (Lipinski definition) is 1. The molecular formula is C13H13NO3S2. The zero-order valence-corrected chi connectivity index (χ0v) is 11.7. The summed E-state index contributed by atoms with van der Waals surface area (Å²) in [5, 5.41) is 10.7. The average molecular weight is 295 g/mol. The topological polar surface area (TPSA) is 57.6 Å². The van der Waals surface area contributed by atoms with E-state index in [1.165, 1.54) is 4.31 Å². The summed E-state index contributed by atoms with van der Waals surface area (Å²) in [6.07, 6.45) is 0.744. The predicted octanol–water partition coefficient (Wildman–Crippen LogP) is 1.99. The lowest BCUT2D eigenvalue weighted by molar-refractivity contribution is 0.282. The second-order valence-electron chi connectivity index (χ2n) is 4.39. The maximum atomic E-state index is 12.6. The van der Waals surface area contributed by atoms with Crippen LogP contribution in [0.25, 0.3) is 0 Å². The lowest BCUT2D eigenvalue weighted by Gasteiger charge is -2.18. The molecule has 0 aliphatic carbocycles. The van der Waals surface area contributed by atoms with Crippen molar-refractivity contribution in [2.24, 2.45) is 0 Å². The van der Waals surface area contributed by atoms with E-state index in [9.17, 15) is 8.42 Å². The molecule has 19 heavy (non-hydrogen) atoms. The first-order valence-electron chi connectivity index (χ1n) is 5.92. The van der Waals surface area contributed by atoms with Crippen LogP contribution in [0.3, 0.4) is 0 Å². The van der Waals surface area contributed by atoms with E-state index in [0.29, 0.717) is 12.1 Å². The minimum atomic E-state index is -3.50. The molecule has 1 aliphatic heterocycles. The zero-order valence-electron chi connectivity index (χ0n) is 10.1.